The molecule has 0 saturated heterocycles. The van der Waals surface area contributed by atoms with Gasteiger partial charge in [-0.3, -0.25) is 0 Å². The molecule has 1 heterocycles. The summed E-state index contributed by atoms with van der Waals surface area (Å²) in [6.45, 7) is 5.99. The standard InChI is InChI=1S/C10H14O3/c1-3-5-8-9(12-6-4-2)7-10(11)13-8/h4,7-8H,2-3,5-6H2,1H3/t8-/m0/s1. The molecule has 0 aromatic carbocycles. The Kier molecular flexibility index (Phi) is 3.55. The summed E-state index contributed by atoms with van der Waals surface area (Å²) in [5.41, 5.74) is 0. The summed E-state index contributed by atoms with van der Waals surface area (Å²) in [4.78, 5) is 10.9. The molecule has 72 valence electrons. The zero-order valence-corrected chi connectivity index (χ0v) is 7.79. The molecular weight excluding hydrogens is 168 g/mol. The minimum Gasteiger partial charge on any atom is -0.490 e. The van der Waals surface area contributed by atoms with Crippen molar-refractivity contribution >= 4 is 5.97 Å². The van der Waals surface area contributed by atoms with Gasteiger partial charge < -0.3 is 9.47 Å². The molecule has 0 amide bonds. The van der Waals surface area contributed by atoms with E-state index in [1.54, 1.807) is 6.08 Å². The lowest BCUT2D eigenvalue weighted by Gasteiger charge is -2.12. The molecule has 1 aliphatic heterocycles. The molecular formula is C10H14O3. The second-order valence-electron chi connectivity index (χ2n) is 2.86. The molecule has 3 nitrogen and oxygen atoms in total. The highest BCUT2D eigenvalue weighted by Gasteiger charge is 2.26. The minimum absolute atomic E-state index is 0.183. The van der Waals surface area contributed by atoms with E-state index < -0.39 is 0 Å². The average Bonchev–Trinajstić information content (AvgIpc) is 2.44. The highest BCUT2D eigenvalue weighted by molar-refractivity contribution is 5.85. The van der Waals surface area contributed by atoms with Gasteiger partial charge in [0.05, 0.1) is 6.08 Å². The van der Waals surface area contributed by atoms with Crippen LogP contribution in [0, 0.1) is 0 Å². The van der Waals surface area contributed by atoms with Crippen molar-refractivity contribution in [2.45, 2.75) is 25.9 Å². The molecule has 0 aromatic rings. The van der Waals surface area contributed by atoms with Crippen LogP contribution in [0.1, 0.15) is 19.8 Å². The van der Waals surface area contributed by atoms with Gasteiger partial charge in [-0.25, -0.2) is 4.79 Å². The van der Waals surface area contributed by atoms with Crippen LogP contribution >= 0.6 is 0 Å². The van der Waals surface area contributed by atoms with Gasteiger partial charge >= 0.3 is 5.97 Å². The number of esters is 1. The average molecular weight is 182 g/mol. The summed E-state index contributed by atoms with van der Waals surface area (Å²) < 4.78 is 10.3. The first kappa shape index (κ1) is 9.84. The van der Waals surface area contributed by atoms with Gasteiger partial charge in [0.25, 0.3) is 0 Å². The van der Waals surface area contributed by atoms with Crippen molar-refractivity contribution in [2.24, 2.45) is 0 Å². The minimum atomic E-state index is -0.308. The predicted molar refractivity (Wildman–Crippen MR) is 49.0 cm³/mol. The summed E-state index contributed by atoms with van der Waals surface area (Å²) in [5, 5.41) is 0. The number of ether oxygens (including phenoxy) is 2. The molecule has 0 fully saturated rings. The molecule has 0 N–H and O–H groups in total. The quantitative estimate of drug-likeness (QED) is 0.480. The van der Waals surface area contributed by atoms with Gasteiger partial charge in [-0.1, -0.05) is 26.0 Å². The molecule has 13 heavy (non-hydrogen) atoms. The van der Waals surface area contributed by atoms with Gasteiger partial charge in [0.1, 0.15) is 12.4 Å². The summed E-state index contributed by atoms with van der Waals surface area (Å²) >= 11 is 0. The summed E-state index contributed by atoms with van der Waals surface area (Å²) in [7, 11) is 0. The molecule has 0 saturated carbocycles. The molecule has 1 atom stereocenters. The molecule has 0 radical (unpaired) electrons. The number of carbonyl (C=O) groups excluding carboxylic acids is 1. The Balaban J connectivity index is 2.51. The largest absolute Gasteiger partial charge is 0.490 e. The highest BCUT2D eigenvalue weighted by Crippen LogP contribution is 2.20. The molecule has 0 spiro atoms. The first-order valence-electron chi connectivity index (χ1n) is 4.43. The van der Waals surface area contributed by atoms with Crippen LogP contribution in [0.2, 0.25) is 0 Å². The van der Waals surface area contributed by atoms with Gasteiger partial charge in [-0.2, -0.15) is 0 Å². The van der Waals surface area contributed by atoms with E-state index in [-0.39, 0.29) is 12.1 Å². The maximum Gasteiger partial charge on any atom is 0.335 e. The van der Waals surface area contributed by atoms with Crippen LogP contribution in [-0.2, 0) is 14.3 Å². The Morgan fingerprint density at radius 2 is 2.54 bits per heavy atom. The molecule has 0 aromatic heterocycles. The zero-order chi connectivity index (χ0) is 9.68. The Bertz CT molecular complexity index is 230. The smallest absolute Gasteiger partial charge is 0.335 e. The molecule has 0 bridgehead atoms. The Morgan fingerprint density at radius 3 is 3.15 bits per heavy atom. The first-order valence-corrected chi connectivity index (χ1v) is 4.43. The molecule has 0 aliphatic carbocycles. The van der Waals surface area contributed by atoms with E-state index in [0.717, 1.165) is 12.8 Å². The fourth-order valence-corrected chi connectivity index (χ4v) is 1.19. The fourth-order valence-electron chi connectivity index (χ4n) is 1.19. The van der Waals surface area contributed by atoms with Gasteiger partial charge in [0.2, 0.25) is 0 Å². The van der Waals surface area contributed by atoms with Crippen molar-refractivity contribution in [3.05, 3.63) is 24.5 Å². The molecule has 1 rings (SSSR count). The van der Waals surface area contributed by atoms with Gasteiger partial charge in [0, 0.05) is 0 Å². The lowest BCUT2D eigenvalue weighted by Crippen LogP contribution is -2.13. The highest BCUT2D eigenvalue weighted by atomic mass is 16.6. The number of cyclic esters (lactones) is 1. The van der Waals surface area contributed by atoms with E-state index in [1.165, 1.54) is 6.08 Å². The summed E-state index contributed by atoms with van der Waals surface area (Å²) in [6, 6.07) is 0. The second-order valence-corrected chi connectivity index (χ2v) is 2.86. The normalized spacial score (nSPS) is 20.8. The van der Waals surface area contributed by atoms with Crippen LogP contribution in [-0.4, -0.2) is 18.7 Å². The molecule has 0 unspecified atom stereocenters. The maximum atomic E-state index is 10.9. The fraction of sp³-hybridized carbons (Fsp3) is 0.500. The van der Waals surface area contributed by atoms with Crippen LogP contribution in [0.3, 0.4) is 0 Å². The third kappa shape index (κ3) is 2.61. The van der Waals surface area contributed by atoms with Crippen molar-refractivity contribution in [3.8, 4) is 0 Å². The van der Waals surface area contributed by atoms with Crippen molar-refractivity contribution < 1.29 is 14.3 Å². The van der Waals surface area contributed by atoms with Crippen LogP contribution in [0.4, 0.5) is 0 Å². The van der Waals surface area contributed by atoms with E-state index in [0.29, 0.717) is 12.4 Å². The maximum absolute atomic E-state index is 10.9. The third-order valence-corrected chi connectivity index (χ3v) is 1.75. The zero-order valence-electron chi connectivity index (χ0n) is 7.79. The summed E-state index contributed by atoms with van der Waals surface area (Å²) in [6.07, 6.45) is 4.65. The first-order chi connectivity index (χ1) is 6.27. The van der Waals surface area contributed by atoms with Crippen LogP contribution in [0.5, 0.6) is 0 Å². The van der Waals surface area contributed by atoms with E-state index in [1.807, 2.05) is 6.92 Å². The number of hydrogen-bond acceptors (Lipinski definition) is 3. The van der Waals surface area contributed by atoms with E-state index >= 15 is 0 Å². The van der Waals surface area contributed by atoms with Crippen LogP contribution in [0.25, 0.3) is 0 Å². The molecule has 1 aliphatic rings. The third-order valence-electron chi connectivity index (χ3n) is 1.75. The van der Waals surface area contributed by atoms with Crippen molar-refractivity contribution in [3.63, 3.8) is 0 Å². The van der Waals surface area contributed by atoms with Gasteiger partial charge in [0.15, 0.2) is 6.10 Å². The van der Waals surface area contributed by atoms with E-state index in [2.05, 4.69) is 6.58 Å². The lowest BCUT2D eigenvalue weighted by molar-refractivity contribution is -0.139. The number of carbonyl (C=O) groups is 1. The number of rotatable bonds is 5. The molecule has 3 heteroatoms. The van der Waals surface area contributed by atoms with Gasteiger partial charge in [-0.15, -0.1) is 0 Å². The SMILES string of the molecule is C=CCOC1=CC(=O)O[C@H]1CCC. The van der Waals surface area contributed by atoms with Crippen molar-refractivity contribution in [1.82, 2.24) is 0 Å². The number of hydrogen-bond donors (Lipinski definition) is 0. The van der Waals surface area contributed by atoms with Crippen LogP contribution in [0.15, 0.2) is 24.5 Å². The Hall–Kier alpha value is -1.25. The lowest BCUT2D eigenvalue weighted by atomic mass is 10.2. The van der Waals surface area contributed by atoms with Crippen molar-refractivity contribution in [2.75, 3.05) is 6.61 Å². The van der Waals surface area contributed by atoms with E-state index in [9.17, 15) is 4.79 Å². The Labute approximate surface area is 78.0 Å². The second kappa shape index (κ2) is 4.70. The van der Waals surface area contributed by atoms with Gasteiger partial charge in [-0.05, 0) is 6.42 Å². The predicted octanol–water partition coefficient (Wildman–Crippen LogP) is 1.80. The van der Waals surface area contributed by atoms with E-state index in [4.69, 9.17) is 9.47 Å². The Morgan fingerprint density at radius 1 is 1.77 bits per heavy atom. The topological polar surface area (TPSA) is 35.5 Å². The van der Waals surface area contributed by atoms with Crippen molar-refractivity contribution in [1.29, 1.82) is 0 Å². The summed E-state index contributed by atoms with van der Waals surface area (Å²) in [5.74, 6) is 0.323. The van der Waals surface area contributed by atoms with Crippen LogP contribution < -0.4 is 0 Å². The monoisotopic (exact) mass is 182 g/mol.